The number of amides is 3. The van der Waals surface area contributed by atoms with Crippen LogP contribution in [0.25, 0.3) is 0 Å². The molecule has 0 spiro atoms. The first-order valence-electron chi connectivity index (χ1n) is 2.31. The Kier molecular flexibility index (Phi) is 1.12. The second-order valence-electron chi connectivity index (χ2n) is 1.56. The van der Waals surface area contributed by atoms with Crippen molar-refractivity contribution in [3.05, 3.63) is 0 Å². The third kappa shape index (κ3) is 0.842. The van der Waals surface area contributed by atoms with E-state index in [2.05, 4.69) is 11.2 Å². The molecule has 0 aliphatic carbocycles. The molecular formula is C5H4N2O2. The summed E-state index contributed by atoms with van der Waals surface area (Å²) in [7, 11) is 0. The van der Waals surface area contributed by atoms with Gasteiger partial charge in [-0.2, -0.15) is 0 Å². The maximum absolute atomic E-state index is 10.5. The molecule has 4 nitrogen and oxygen atoms in total. The second-order valence-corrected chi connectivity index (χ2v) is 1.56. The molecule has 3 amide bonds. The normalized spacial score (nSPS) is 24.6. The van der Waals surface area contributed by atoms with Crippen LogP contribution in [-0.4, -0.2) is 18.0 Å². The molecule has 1 atom stereocenters. The Bertz CT molecular complexity index is 203. The van der Waals surface area contributed by atoms with E-state index in [-0.39, 0.29) is 0 Å². The molecule has 1 fully saturated rings. The first-order valence-corrected chi connectivity index (χ1v) is 2.31. The summed E-state index contributed by atoms with van der Waals surface area (Å²) in [5.41, 5.74) is 0. The second kappa shape index (κ2) is 1.78. The molecule has 1 heterocycles. The van der Waals surface area contributed by atoms with Crippen LogP contribution in [0.15, 0.2) is 0 Å². The lowest BCUT2D eigenvalue weighted by atomic mass is 10.3. The average Bonchev–Trinajstić information content (AvgIpc) is 2.10. The van der Waals surface area contributed by atoms with Gasteiger partial charge in [0.15, 0.2) is 6.04 Å². The fourth-order valence-electron chi connectivity index (χ4n) is 0.534. The van der Waals surface area contributed by atoms with Crippen molar-refractivity contribution in [2.75, 3.05) is 0 Å². The molecular weight excluding hydrogens is 120 g/mol. The summed E-state index contributed by atoms with van der Waals surface area (Å²) in [6, 6.07) is -1.31. The van der Waals surface area contributed by atoms with Crippen LogP contribution in [-0.2, 0) is 4.79 Å². The molecule has 1 aliphatic heterocycles. The summed E-state index contributed by atoms with van der Waals surface area (Å²) in [6.45, 7) is 0. The lowest BCUT2D eigenvalue weighted by Crippen LogP contribution is -2.26. The zero-order valence-electron chi connectivity index (χ0n) is 4.47. The molecule has 0 aromatic heterocycles. The van der Waals surface area contributed by atoms with E-state index in [4.69, 9.17) is 6.42 Å². The van der Waals surface area contributed by atoms with E-state index in [1.165, 1.54) is 0 Å². The highest BCUT2D eigenvalue weighted by molar-refractivity contribution is 6.05. The summed E-state index contributed by atoms with van der Waals surface area (Å²) >= 11 is 0. The van der Waals surface area contributed by atoms with Gasteiger partial charge < -0.3 is 5.32 Å². The predicted octanol–water partition coefficient (Wildman–Crippen LogP) is -1.17. The van der Waals surface area contributed by atoms with E-state index in [1.54, 1.807) is 0 Å². The van der Waals surface area contributed by atoms with Gasteiger partial charge in [0, 0.05) is 0 Å². The van der Waals surface area contributed by atoms with Crippen molar-refractivity contribution in [1.29, 1.82) is 0 Å². The first kappa shape index (κ1) is 5.63. The van der Waals surface area contributed by atoms with E-state index in [1.807, 2.05) is 5.32 Å². The van der Waals surface area contributed by atoms with E-state index in [0.717, 1.165) is 0 Å². The molecule has 4 heteroatoms. The van der Waals surface area contributed by atoms with Gasteiger partial charge in [0.1, 0.15) is 0 Å². The molecule has 1 rings (SSSR count). The molecule has 0 aromatic rings. The van der Waals surface area contributed by atoms with Gasteiger partial charge in [0.05, 0.1) is 0 Å². The molecule has 0 saturated carbocycles. The topological polar surface area (TPSA) is 58.2 Å². The van der Waals surface area contributed by atoms with Gasteiger partial charge in [0.2, 0.25) is 0 Å². The Hall–Kier alpha value is -1.50. The molecule has 1 saturated heterocycles. The average molecular weight is 124 g/mol. The number of nitrogens with one attached hydrogen (secondary N) is 2. The molecule has 1 aliphatic rings. The van der Waals surface area contributed by atoms with Crippen molar-refractivity contribution in [2.24, 2.45) is 0 Å². The number of urea groups is 1. The lowest BCUT2D eigenvalue weighted by molar-refractivity contribution is -0.119. The standard InChI is InChI=1S/C5H4N2O2/c1-2-3-4(8)7-5(9)6-3/h1,3H,(H2,6,7,8,9). The Labute approximate surface area is 51.6 Å². The zero-order chi connectivity index (χ0) is 6.85. The highest BCUT2D eigenvalue weighted by Gasteiger charge is 2.26. The smallest absolute Gasteiger partial charge is 0.316 e. The third-order valence-corrected chi connectivity index (χ3v) is 0.941. The van der Waals surface area contributed by atoms with Crippen LogP contribution in [0.4, 0.5) is 4.79 Å². The molecule has 2 N–H and O–H groups in total. The van der Waals surface area contributed by atoms with Crippen LogP contribution in [0.2, 0.25) is 0 Å². The van der Waals surface area contributed by atoms with E-state index in [0.29, 0.717) is 0 Å². The van der Waals surface area contributed by atoms with Crippen molar-refractivity contribution >= 4 is 11.9 Å². The molecule has 9 heavy (non-hydrogen) atoms. The highest BCUT2D eigenvalue weighted by Crippen LogP contribution is 1.88. The molecule has 0 bridgehead atoms. The van der Waals surface area contributed by atoms with Crippen LogP contribution in [0.3, 0.4) is 0 Å². The van der Waals surface area contributed by atoms with Gasteiger partial charge in [-0.25, -0.2) is 4.79 Å². The summed E-state index contributed by atoms with van der Waals surface area (Å²) in [4.78, 5) is 20.8. The molecule has 0 aromatic carbocycles. The van der Waals surface area contributed by atoms with Crippen molar-refractivity contribution in [3.63, 3.8) is 0 Å². The van der Waals surface area contributed by atoms with Crippen LogP contribution >= 0.6 is 0 Å². The maximum atomic E-state index is 10.5. The van der Waals surface area contributed by atoms with Crippen LogP contribution in [0.1, 0.15) is 0 Å². The predicted molar refractivity (Wildman–Crippen MR) is 29.3 cm³/mol. The molecule has 1 unspecified atom stereocenters. The van der Waals surface area contributed by atoms with Gasteiger partial charge in [-0.1, -0.05) is 5.92 Å². The summed E-state index contributed by atoms with van der Waals surface area (Å²) in [5, 5.41) is 4.20. The minimum Gasteiger partial charge on any atom is -0.316 e. The van der Waals surface area contributed by atoms with Crippen molar-refractivity contribution in [2.45, 2.75) is 6.04 Å². The number of carbonyl (C=O) groups is 2. The summed E-state index contributed by atoms with van der Waals surface area (Å²) in [5.74, 6) is 1.64. The number of hydrogen-bond acceptors (Lipinski definition) is 2. The van der Waals surface area contributed by atoms with Crippen LogP contribution in [0, 0.1) is 12.3 Å². The van der Waals surface area contributed by atoms with Crippen LogP contribution < -0.4 is 10.6 Å². The Morgan fingerprint density at radius 2 is 2.22 bits per heavy atom. The number of carbonyl (C=O) groups excluding carboxylic acids is 2. The van der Waals surface area contributed by atoms with Gasteiger partial charge in [-0.15, -0.1) is 6.42 Å². The number of imide groups is 1. The Morgan fingerprint density at radius 3 is 2.44 bits per heavy atom. The molecule has 46 valence electrons. The zero-order valence-corrected chi connectivity index (χ0v) is 4.47. The fourth-order valence-corrected chi connectivity index (χ4v) is 0.534. The fraction of sp³-hybridized carbons (Fsp3) is 0.200. The van der Waals surface area contributed by atoms with Crippen molar-refractivity contribution in [1.82, 2.24) is 10.6 Å². The Balaban J connectivity index is 2.72. The lowest BCUT2D eigenvalue weighted by Gasteiger charge is -1.91. The van der Waals surface area contributed by atoms with Gasteiger partial charge in [-0.3, -0.25) is 10.1 Å². The number of hydrogen-bond donors (Lipinski definition) is 2. The Morgan fingerprint density at radius 1 is 1.56 bits per heavy atom. The molecule has 0 radical (unpaired) electrons. The van der Waals surface area contributed by atoms with Crippen molar-refractivity contribution in [3.8, 4) is 12.3 Å². The summed E-state index contributed by atoms with van der Waals surface area (Å²) in [6.07, 6.45) is 4.86. The van der Waals surface area contributed by atoms with Gasteiger partial charge >= 0.3 is 6.03 Å². The number of terminal acetylenes is 1. The van der Waals surface area contributed by atoms with Crippen molar-refractivity contribution < 1.29 is 9.59 Å². The monoisotopic (exact) mass is 124 g/mol. The highest BCUT2D eigenvalue weighted by atomic mass is 16.2. The summed E-state index contributed by atoms with van der Waals surface area (Å²) < 4.78 is 0. The number of rotatable bonds is 0. The van der Waals surface area contributed by atoms with Gasteiger partial charge in [0.25, 0.3) is 5.91 Å². The largest absolute Gasteiger partial charge is 0.322 e. The maximum Gasteiger partial charge on any atom is 0.322 e. The van der Waals surface area contributed by atoms with Crippen LogP contribution in [0.5, 0.6) is 0 Å². The first-order chi connectivity index (χ1) is 4.24. The quantitative estimate of drug-likeness (QED) is 0.315. The van der Waals surface area contributed by atoms with E-state index in [9.17, 15) is 9.59 Å². The SMILES string of the molecule is C#CC1NC(=O)NC1=O. The minimum atomic E-state index is -0.780. The van der Waals surface area contributed by atoms with E-state index >= 15 is 0 Å². The van der Waals surface area contributed by atoms with E-state index < -0.39 is 18.0 Å². The minimum absolute atomic E-state index is 0.456. The van der Waals surface area contributed by atoms with Gasteiger partial charge in [-0.05, 0) is 0 Å². The third-order valence-electron chi connectivity index (χ3n) is 0.941.